The summed E-state index contributed by atoms with van der Waals surface area (Å²) in [7, 11) is 6.59. The lowest BCUT2D eigenvalue weighted by Gasteiger charge is -2.39. The van der Waals surface area contributed by atoms with Crippen LogP contribution in [0, 0.1) is 12.1 Å². The molecule has 3 heterocycles. The van der Waals surface area contributed by atoms with E-state index in [-0.39, 0.29) is 6.79 Å². The Hall–Kier alpha value is -5.60. The smallest absolute Gasteiger partial charge is 0.343 e. The minimum Gasteiger partial charge on any atom is -0.493 e. The van der Waals surface area contributed by atoms with Gasteiger partial charge in [0.1, 0.15) is 11.7 Å². The Morgan fingerprint density at radius 2 is 1.70 bits per heavy atom. The second-order valence-corrected chi connectivity index (χ2v) is 11.0. The van der Waals surface area contributed by atoms with Gasteiger partial charge in [0, 0.05) is 40.6 Å². The third-order valence-electron chi connectivity index (χ3n) is 8.51. The molecule has 2 amide bonds. The number of carbonyl (C=O) groups excluding carboxylic acids is 2. The molecule has 7 rings (SSSR count). The highest BCUT2D eigenvalue weighted by Crippen LogP contribution is 2.58. The molecule has 0 spiro atoms. The summed E-state index contributed by atoms with van der Waals surface area (Å²) in [5.41, 5.74) is 5.35. The van der Waals surface area contributed by atoms with Crippen molar-refractivity contribution < 1.29 is 38.0 Å². The Labute approximate surface area is 265 Å². The van der Waals surface area contributed by atoms with Gasteiger partial charge in [0.05, 0.1) is 33.1 Å². The van der Waals surface area contributed by atoms with E-state index in [2.05, 4.69) is 27.7 Å². The van der Waals surface area contributed by atoms with Crippen molar-refractivity contribution in [2.45, 2.75) is 18.6 Å². The standard InChI is InChI=1S/C35H31N3O8/c1-38-16-15-22-25(19-9-8-12-21(17-19)37-35(40)36-20-10-6-5-7-11-20)32-33(45-18-44-32)31(43-4)26(22)28(38)29-23-13-14-24(41-2)30(42-3)27(23)34(39)46-29/h5-7,10-14,17,28-29H,15-16,18H2,1-4H3,(H2,36,37,40). The highest BCUT2D eigenvalue weighted by Gasteiger charge is 2.47. The lowest BCUT2D eigenvalue weighted by atomic mass is 9.81. The number of likely N-dealkylation sites (N-methyl/N-ethyl adjacent to an activating group) is 1. The van der Waals surface area contributed by atoms with Crippen molar-refractivity contribution in [3.8, 4) is 39.9 Å². The molecule has 0 aromatic heterocycles. The topological polar surface area (TPSA) is 117 Å². The fourth-order valence-corrected chi connectivity index (χ4v) is 6.56. The number of anilines is 2. The average Bonchev–Trinajstić information content (AvgIpc) is 3.68. The number of nitrogens with one attached hydrogen (secondary N) is 2. The van der Waals surface area contributed by atoms with Crippen molar-refractivity contribution in [2.24, 2.45) is 0 Å². The number of fused-ring (bicyclic) bond motifs is 3. The van der Waals surface area contributed by atoms with E-state index in [1.165, 1.54) is 14.2 Å². The summed E-state index contributed by atoms with van der Waals surface area (Å²) in [5, 5.41) is 5.71. The number of carbonyl (C=O) groups is 2. The van der Waals surface area contributed by atoms with E-state index in [4.69, 9.17) is 28.4 Å². The molecule has 2 N–H and O–H groups in total. The number of hydrogen-bond acceptors (Lipinski definition) is 9. The number of esters is 1. The summed E-state index contributed by atoms with van der Waals surface area (Å²) in [6.45, 7) is 0.646. The quantitative estimate of drug-likeness (QED) is 0.247. The number of urea groups is 1. The van der Waals surface area contributed by atoms with E-state index in [0.29, 0.717) is 69.8 Å². The number of benzene rings is 3. The minimum atomic E-state index is -0.682. The Balaban J connectivity index is 1.34. The van der Waals surface area contributed by atoms with Gasteiger partial charge in [-0.3, -0.25) is 4.90 Å². The van der Waals surface area contributed by atoms with Crippen LogP contribution in [0.4, 0.5) is 16.2 Å². The summed E-state index contributed by atoms with van der Waals surface area (Å²) in [4.78, 5) is 28.3. The van der Waals surface area contributed by atoms with Crippen molar-refractivity contribution in [3.05, 3.63) is 89.0 Å². The molecule has 2 atom stereocenters. The maximum Gasteiger partial charge on any atom is 0.343 e. The van der Waals surface area contributed by atoms with Gasteiger partial charge in [0.15, 0.2) is 23.0 Å². The number of cyclic esters (lactones) is 1. The van der Waals surface area contributed by atoms with Crippen molar-refractivity contribution in [2.75, 3.05) is 52.3 Å². The molecule has 11 nitrogen and oxygen atoms in total. The van der Waals surface area contributed by atoms with E-state index in [1.54, 1.807) is 31.4 Å². The summed E-state index contributed by atoms with van der Waals surface area (Å²) in [6, 6.07) is 21.7. The van der Waals surface area contributed by atoms with Gasteiger partial charge < -0.3 is 39.1 Å². The van der Waals surface area contributed by atoms with Crippen LogP contribution in [0.3, 0.4) is 0 Å². The number of amides is 2. The first kappa shape index (κ1) is 29.1. The van der Waals surface area contributed by atoms with E-state index in [9.17, 15) is 9.59 Å². The van der Waals surface area contributed by atoms with Gasteiger partial charge in [-0.1, -0.05) is 36.4 Å². The third kappa shape index (κ3) is 4.74. The lowest BCUT2D eigenvalue weighted by Crippen LogP contribution is -2.36. The van der Waals surface area contributed by atoms with Crippen LogP contribution in [0.2, 0.25) is 0 Å². The van der Waals surface area contributed by atoms with Crippen LogP contribution in [0.25, 0.3) is 11.1 Å². The fraction of sp³-hybridized carbons (Fsp3) is 0.257. The largest absolute Gasteiger partial charge is 0.493 e. The average molecular weight is 622 g/mol. The predicted octanol–water partition coefficient (Wildman–Crippen LogP) is 5.79. The molecule has 3 aliphatic heterocycles. The molecule has 4 aromatic rings. The van der Waals surface area contributed by atoms with Crippen molar-refractivity contribution in [3.63, 3.8) is 0 Å². The Morgan fingerprint density at radius 3 is 2.46 bits per heavy atom. The maximum absolute atomic E-state index is 13.4. The van der Waals surface area contributed by atoms with E-state index < -0.39 is 24.1 Å². The maximum atomic E-state index is 13.4. The zero-order valence-corrected chi connectivity index (χ0v) is 25.7. The van der Waals surface area contributed by atoms with Gasteiger partial charge in [0.2, 0.25) is 12.5 Å². The van der Waals surface area contributed by atoms with Gasteiger partial charge in [-0.25, -0.2) is 9.59 Å². The first-order valence-electron chi connectivity index (χ1n) is 14.7. The van der Waals surface area contributed by atoms with Crippen molar-refractivity contribution >= 4 is 23.4 Å². The van der Waals surface area contributed by atoms with Crippen LogP contribution < -0.4 is 34.3 Å². The molecule has 0 aliphatic carbocycles. The molecule has 234 valence electrons. The van der Waals surface area contributed by atoms with Gasteiger partial charge in [-0.2, -0.15) is 0 Å². The van der Waals surface area contributed by atoms with Gasteiger partial charge in [0.25, 0.3) is 0 Å². The SMILES string of the molecule is COc1ccc2c(c1OC)C(=O)OC2C1c2c(c(-c3c#ccc(NC(=O)Nc4ccccc4)c3)c3c(c2OC)OCO3)CCN1C. The van der Waals surface area contributed by atoms with Crippen molar-refractivity contribution in [1.82, 2.24) is 4.90 Å². The van der Waals surface area contributed by atoms with Gasteiger partial charge in [-0.05, 0) is 43.3 Å². The molecule has 11 heteroatoms. The highest BCUT2D eigenvalue weighted by atomic mass is 16.7. The molecule has 46 heavy (non-hydrogen) atoms. The lowest BCUT2D eigenvalue weighted by molar-refractivity contribution is 0.00877. The number of rotatable bonds is 7. The molecule has 2 unspecified atom stereocenters. The Kier molecular flexibility index (Phi) is 7.42. The zero-order valence-electron chi connectivity index (χ0n) is 25.7. The van der Waals surface area contributed by atoms with E-state index in [1.807, 2.05) is 37.4 Å². The summed E-state index contributed by atoms with van der Waals surface area (Å²) >= 11 is 0. The van der Waals surface area contributed by atoms with E-state index >= 15 is 0 Å². The molecule has 0 saturated carbocycles. The third-order valence-corrected chi connectivity index (χ3v) is 8.51. The molecule has 3 aliphatic rings. The second-order valence-electron chi connectivity index (χ2n) is 11.0. The number of hydrogen-bond donors (Lipinski definition) is 2. The Morgan fingerprint density at radius 1 is 0.935 bits per heavy atom. The van der Waals surface area contributed by atoms with Crippen LogP contribution in [-0.4, -0.2) is 58.6 Å². The van der Waals surface area contributed by atoms with Crippen molar-refractivity contribution in [1.29, 1.82) is 0 Å². The first-order valence-corrected chi connectivity index (χ1v) is 14.7. The summed E-state index contributed by atoms with van der Waals surface area (Å²) in [5.74, 6) is 1.75. The molecular formula is C35H31N3O8. The van der Waals surface area contributed by atoms with Gasteiger partial charge >= 0.3 is 12.0 Å². The summed E-state index contributed by atoms with van der Waals surface area (Å²) in [6.07, 6.45) is -0.0527. The summed E-state index contributed by atoms with van der Waals surface area (Å²) < 4.78 is 35.2. The van der Waals surface area contributed by atoms with Crippen LogP contribution in [0.15, 0.2) is 54.6 Å². The molecule has 0 fully saturated rings. The number of para-hydroxylation sites is 1. The normalized spacial score (nSPS) is 17.7. The predicted molar refractivity (Wildman–Crippen MR) is 168 cm³/mol. The number of methoxy groups -OCH3 is 3. The van der Waals surface area contributed by atoms with Crippen LogP contribution in [0.5, 0.6) is 28.7 Å². The fourth-order valence-electron chi connectivity index (χ4n) is 6.56. The Bertz CT molecular complexity index is 1840. The number of ether oxygens (including phenoxy) is 6. The van der Waals surface area contributed by atoms with Crippen LogP contribution in [-0.2, 0) is 11.2 Å². The molecule has 0 bridgehead atoms. The molecule has 4 aromatic carbocycles. The van der Waals surface area contributed by atoms with E-state index in [0.717, 1.165) is 16.7 Å². The highest BCUT2D eigenvalue weighted by molar-refractivity contribution is 6.00. The number of nitrogens with zero attached hydrogens (tertiary/aromatic N) is 1. The molecule has 0 radical (unpaired) electrons. The first-order chi connectivity index (χ1) is 22.4. The van der Waals surface area contributed by atoms with Crippen LogP contribution >= 0.6 is 0 Å². The minimum absolute atomic E-state index is 0.00146. The molecule has 0 saturated heterocycles. The van der Waals surface area contributed by atoms with Gasteiger partial charge in [-0.15, -0.1) is 0 Å². The zero-order chi connectivity index (χ0) is 31.9. The van der Waals surface area contributed by atoms with Crippen LogP contribution in [0.1, 0.15) is 39.2 Å². The monoisotopic (exact) mass is 621 g/mol. The second kappa shape index (κ2) is 11.7. The molecular weight excluding hydrogens is 590 g/mol.